The largest absolute Gasteiger partial charge is 0.378 e. The van der Waals surface area contributed by atoms with Crippen molar-refractivity contribution in [3.8, 4) is 0 Å². The summed E-state index contributed by atoms with van der Waals surface area (Å²) in [4.78, 5) is 27.9. The first kappa shape index (κ1) is 26.4. The summed E-state index contributed by atoms with van der Waals surface area (Å²) in [6.07, 6.45) is 7.52. The van der Waals surface area contributed by atoms with Crippen LogP contribution in [-0.4, -0.2) is 96.4 Å². The van der Waals surface area contributed by atoms with Crippen LogP contribution in [0.1, 0.15) is 22.8 Å². The van der Waals surface area contributed by atoms with E-state index >= 15 is 0 Å². The summed E-state index contributed by atoms with van der Waals surface area (Å²) >= 11 is 0. The molecule has 2 saturated heterocycles. The van der Waals surface area contributed by atoms with Crippen LogP contribution in [0.5, 0.6) is 0 Å². The van der Waals surface area contributed by atoms with Crippen molar-refractivity contribution in [1.29, 1.82) is 0 Å². The van der Waals surface area contributed by atoms with E-state index in [0.717, 1.165) is 88.5 Å². The molecule has 2 aliphatic rings. The summed E-state index contributed by atoms with van der Waals surface area (Å²) in [7, 11) is 4.19. The molecular weight excluding hydrogens is 480 g/mol. The Morgan fingerprint density at radius 1 is 0.632 bits per heavy atom. The molecule has 5 rings (SSSR count). The van der Waals surface area contributed by atoms with E-state index in [1.807, 2.05) is 36.9 Å². The molecule has 0 amide bonds. The Labute approximate surface area is 225 Å². The van der Waals surface area contributed by atoms with Gasteiger partial charge in [-0.25, -0.2) is 0 Å². The van der Waals surface area contributed by atoms with Gasteiger partial charge in [0.2, 0.25) is 0 Å². The highest BCUT2D eigenvalue weighted by molar-refractivity contribution is 5.51. The van der Waals surface area contributed by atoms with Crippen LogP contribution in [0, 0.1) is 0 Å². The van der Waals surface area contributed by atoms with Crippen LogP contribution in [0.15, 0.2) is 49.1 Å². The zero-order valence-electron chi connectivity index (χ0n) is 22.5. The van der Waals surface area contributed by atoms with E-state index in [-0.39, 0.29) is 0 Å². The lowest BCUT2D eigenvalue weighted by Gasteiger charge is -2.31. The van der Waals surface area contributed by atoms with Crippen molar-refractivity contribution in [2.75, 3.05) is 76.5 Å². The maximum absolute atomic E-state index is 5.51. The molecule has 202 valence electrons. The van der Waals surface area contributed by atoms with E-state index in [0.29, 0.717) is 13.1 Å². The van der Waals surface area contributed by atoms with Gasteiger partial charge < -0.3 is 19.3 Å². The molecular formula is C28H38N8O2. The number of hydrogen-bond acceptors (Lipinski definition) is 10. The fourth-order valence-electron chi connectivity index (χ4n) is 5.01. The standard InChI is InChI=1S/C28H38N8O2/c1-33(21-25-27(5-3-7-29-25)35-9-13-37-14-10-35)19-23-17-32-24(18-31-23)20-34(2)22-26-28(6-4-8-30-26)36-11-15-38-16-12-36/h3-8,17-18H,9-16,19-22H2,1-2H3. The van der Waals surface area contributed by atoms with E-state index in [9.17, 15) is 0 Å². The minimum atomic E-state index is 0.707. The molecule has 0 unspecified atom stereocenters. The highest BCUT2D eigenvalue weighted by Crippen LogP contribution is 2.22. The summed E-state index contributed by atoms with van der Waals surface area (Å²) in [5.74, 6) is 0. The van der Waals surface area contributed by atoms with Crippen LogP contribution in [0.2, 0.25) is 0 Å². The van der Waals surface area contributed by atoms with Gasteiger partial charge in [0.15, 0.2) is 0 Å². The first-order valence-electron chi connectivity index (χ1n) is 13.4. The van der Waals surface area contributed by atoms with E-state index in [1.165, 1.54) is 11.4 Å². The number of rotatable bonds is 10. The molecule has 2 fully saturated rings. The van der Waals surface area contributed by atoms with Crippen molar-refractivity contribution in [2.24, 2.45) is 0 Å². The molecule has 3 aromatic rings. The fourth-order valence-corrected chi connectivity index (χ4v) is 5.01. The van der Waals surface area contributed by atoms with Crippen LogP contribution in [-0.2, 0) is 35.7 Å². The van der Waals surface area contributed by atoms with Gasteiger partial charge in [-0.15, -0.1) is 0 Å². The van der Waals surface area contributed by atoms with Crippen LogP contribution >= 0.6 is 0 Å². The summed E-state index contributed by atoms with van der Waals surface area (Å²) < 4.78 is 11.0. The van der Waals surface area contributed by atoms with Gasteiger partial charge in [0.25, 0.3) is 0 Å². The van der Waals surface area contributed by atoms with E-state index < -0.39 is 0 Å². The topological polar surface area (TPSA) is 83.0 Å². The van der Waals surface area contributed by atoms with Gasteiger partial charge in [-0.1, -0.05) is 0 Å². The SMILES string of the molecule is CN(Cc1cnc(CN(C)Cc2ncccc2N2CCOCC2)cn1)Cc1ncccc1N1CCOCC1. The first-order valence-corrected chi connectivity index (χ1v) is 13.4. The van der Waals surface area contributed by atoms with Gasteiger partial charge in [-0.2, -0.15) is 0 Å². The van der Waals surface area contributed by atoms with Crippen LogP contribution in [0.3, 0.4) is 0 Å². The van der Waals surface area contributed by atoms with Crippen molar-refractivity contribution in [1.82, 2.24) is 29.7 Å². The summed E-state index contributed by atoms with van der Waals surface area (Å²) in [6.45, 7) is 9.56. The van der Waals surface area contributed by atoms with Crippen molar-refractivity contribution < 1.29 is 9.47 Å². The summed E-state index contributed by atoms with van der Waals surface area (Å²) in [5.41, 5.74) is 6.43. The van der Waals surface area contributed by atoms with Crippen LogP contribution in [0.25, 0.3) is 0 Å². The third-order valence-corrected chi connectivity index (χ3v) is 6.90. The molecule has 0 aromatic carbocycles. The first-order chi connectivity index (χ1) is 18.7. The number of anilines is 2. The lowest BCUT2D eigenvalue weighted by atomic mass is 10.2. The molecule has 10 nitrogen and oxygen atoms in total. The molecule has 10 heteroatoms. The second-order valence-electron chi connectivity index (χ2n) is 9.98. The second-order valence-corrected chi connectivity index (χ2v) is 9.98. The normalized spacial score (nSPS) is 16.4. The van der Waals surface area contributed by atoms with Crippen molar-refractivity contribution >= 4 is 11.4 Å². The Morgan fingerprint density at radius 2 is 1.05 bits per heavy atom. The third kappa shape index (κ3) is 7.02. The molecule has 2 aliphatic heterocycles. The Hall–Kier alpha value is -3.18. The predicted octanol–water partition coefficient (Wildman–Crippen LogP) is 2.20. The molecule has 0 aliphatic carbocycles. The third-order valence-electron chi connectivity index (χ3n) is 6.90. The van der Waals surface area contributed by atoms with Gasteiger partial charge in [0, 0.05) is 64.8 Å². The van der Waals surface area contributed by atoms with Gasteiger partial charge in [0.05, 0.1) is 73.0 Å². The molecule has 0 spiro atoms. The van der Waals surface area contributed by atoms with E-state index in [1.54, 1.807) is 0 Å². The lowest BCUT2D eigenvalue weighted by Crippen LogP contribution is -2.37. The monoisotopic (exact) mass is 518 g/mol. The highest BCUT2D eigenvalue weighted by atomic mass is 16.5. The average Bonchev–Trinajstić information content (AvgIpc) is 2.95. The number of nitrogens with zero attached hydrogens (tertiary/aromatic N) is 8. The van der Waals surface area contributed by atoms with Crippen molar-refractivity contribution in [3.63, 3.8) is 0 Å². The summed E-state index contributed by atoms with van der Waals surface area (Å²) in [6, 6.07) is 8.32. The zero-order valence-corrected chi connectivity index (χ0v) is 22.5. The Morgan fingerprint density at radius 3 is 1.45 bits per heavy atom. The molecule has 0 atom stereocenters. The Bertz CT molecular complexity index is 1060. The molecule has 0 bridgehead atoms. The molecule has 3 aromatic heterocycles. The predicted molar refractivity (Wildman–Crippen MR) is 147 cm³/mol. The van der Waals surface area contributed by atoms with Gasteiger partial charge >= 0.3 is 0 Å². The number of hydrogen-bond donors (Lipinski definition) is 0. The fraction of sp³-hybridized carbons (Fsp3) is 0.500. The highest BCUT2D eigenvalue weighted by Gasteiger charge is 2.18. The van der Waals surface area contributed by atoms with Gasteiger partial charge in [-0.05, 0) is 38.4 Å². The van der Waals surface area contributed by atoms with Crippen LogP contribution in [0.4, 0.5) is 11.4 Å². The van der Waals surface area contributed by atoms with Gasteiger partial charge in [-0.3, -0.25) is 29.7 Å². The Kier molecular flexibility index (Phi) is 9.08. The molecule has 38 heavy (non-hydrogen) atoms. The summed E-state index contributed by atoms with van der Waals surface area (Å²) in [5, 5.41) is 0. The number of pyridine rings is 2. The van der Waals surface area contributed by atoms with Crippen LogP contribution < -0.4 is 9.80 Å². The molecule has 0 radical (unpaired) electrons. The van der Waals surface area contributed by atoms with Crippen molar-refractivity contribution in [3.05, 3.63) is 71.8 Å². The minimum Gasteiger partial charge on any atom is -0.378 e. The van der Waals surface area contributed by atoms with E-state index in [4.69, 9.17) is 19.4 Å². The smallest absolute Gasteiger partial charge is 0.0776 e. The molecule has 0 saturated carbocycles. The minimum absolute atomic E-state index is 0.707. The zero-order chi connectivity index (χ0) is 26.2. The number of ether oxygens (including phenoxy) is 2. The average molecular weight is 519 g/mol. The Balaban J connectivity index is 1.15. The maximum atomic E-state index is 5.51. The second kappa shape index (κ2) is 13.1. The molecule has 0 N–H and O–H groups in total. The molecule has 5 heterocycles. The number of aromatic nitrogens is 4. The lowest BCUT2D eigenvalue weighted by molar-refractivity contribution is 0.122. The number of morpholine rings is 2. The quantitative estimate of drug-likeness (QED) is 0.398. The maximum Gasteiger partial charge on any atom is 0.0776 e. The van der Waals surface area contributed by atoms with Gasteiger partial charge in [0.1, 0.15) is 0 Å². The van der Waals surface area contributed by atoms with E-state index in [2.05, 4.69) is 55.8 Å². The van der Waals surface area contributed by atoms with Crippen molar-refractivity contribution in [2.45, 2.75) is 26.2 Å².